The summed E-state index contributed by atoms with van der Waals surface area (Å²) in [4.78, 5) is 54.9. The van der Waals surface area contributed by atoms with Gasteiger partial charge in [-0.3, -0.25) is 20.4 Å². The third kappa shape index (κ3) is 12.5. The molecule has 136 valence electrons. The average molecular weight is 348 g/mol. The van der Waals surface area contributed by atoms with Gasteiger partial charge in [-0.2, -0.15) is 0 Å². The van der Waals surface area contributed by atoms with Crippen molar-refractivity contribution in [3.63, 3.8) is 0 Å². The third-order valence-corrected chi connectivity index (χ3v) is 1.97. The van der Waals surface area contributed by atoms with E-state index in [0.29, 0.717) is 0 Å². The van der Waals surface area contributed by atoms with Crippen LogP contribution in [0.25, 0.3) is 0 Å². The molecule has 0 rings (SSSR count). The van der Waals surface area contributed by atoms with Gasteiger partial charge in [0.05, 0.1) is 6.61 Å². The molecule has 0 atom stereocenters. The van der Waals surface area contributed by atoms with Crippen LogP contribution in [0.3, 0.4) is 0 Å². The van der Waals surface area contributed by atoms with Crippen LogP contribution in [-0.4, -0.2) is 54.8 Å². The average Bonchev–Trinajstić information content (AvgIpc) is 2.52. The normalized spacial score (nSPS) is 9.46. The number of hydrazine groups is 2. The van der Waals surface area contributed by atoms with E-state index in [1.54, 1.807) is 5.32 Å². The zero-order chi connectivity index (χ0) is 18.5. The van der Waals surface area contributed by atoms with E-state index in [4.69, 9.17) is 9.84 Å². The maximum absolute atomic E-state index is 11.3. The minimum atomic E-state index is -1.40. The van der Waals surface area contributed by atoms with Gasteiger partial charge in [-0.25, -0.2) is 25.2 Å². The Balaban J connectivity index is 3.78. The number of rotatable bonds is 6. The van der Waals surface area contributed by atoms with E-state index in [0.717, 1.165) is 0 Å². The number of urea groups is 1. The number of carboxylic acid groups (broad SMARTS) is 1. The summed E-state index contributed by atoms with van der Waals surface area (Å²) in [7, 11) is 0. The van der Waals surface area contributed by atoms with Gasteiger partial charge in [0.15, 0.2) is 0 Å². The Bertz CT molecular complexity index is 481. The highest BCUT2D eigenvalue weighted by Crippen LogP contribution is 1.91. The van der Waals surface area contributed by atoms with Crippen LogP contribution in [0.4, 0.5) is 14.4 Å². The third-order valence-electron chi connectivity index (χ3n) is 1.97. The van der Waals surface area contributed by atoms with Crippen molar-refractivity contribution in [3.05, 3.63) is 0 Å². The lowest BCUT2D eigenvalue weighted by Gasteiger charge is -2.11. The molecule has 0 aliphatic heterocycles. The van der Waals surface area contributed by atoms with E-state index in [9.17, 15) is 24.0 Å². The van der Waals surface area contributed by atoms with E-state index < -0.39 is 43.1 Å². The fourth-order valence-electron chi connectivity index (χ4n) is 0.974. The summed E-state index contributed by atoms with van der Waals surface area (Å²) in [5.74, 6) is -1.42. The highest BCUT2D eigenvalue weighted by Gasteiger charge is 2.09. The molecule has 0 aromatic heterocycles. The second-order valence-electron chi connectivity index (χ2n) is 4.68. The van der Waals surface area contributed by atoms with Crippen LogP contribution >= 0.6 is 0 Å². The molecule has 0 saturated heterocycles. The van der Waals surface area contributed by atoms with Crippen molar-refractivity contribution in [2.45, 2.75) is 13.8 Å². The van der Waals surface area contributed by atoms with Crippen LogP contribution in [0, 0.1) is 5.92 Å². The molecule has 0 saturated carbocycles. The SMILES string of the molecule is CC(C)COC(=O)NCC(=O)NNC(=O)NNC(=O)CNC(=O)O. The number of hydrogen-bond donors (Lipinski definition) is 7. The highest BCUT2D eigenvalue weighted by atomic mass is 16.5. The molecule has 0 bridgehead atoms. The Hall–Kier alpha value is -3.25. The summed E-state index contributed by atoms with van der Waals surface area (Å²) in [6, 6.07) is -0.991. The van der Waals surface area contributed by atoms with Crippen LogP contribution in [-0.2, 0) is 14.3 Å². The van der Waals surface area contributed by atoms with E-state index in [1.165, 1.54) is 0 Å². The minimum absolute atomic E-state index is 0.149. The number of ether oxygens (including phenoxy) is 1. The van der Waals surface area contributed by atoms with Crippen LogP contribution in [0.15, 0.2) is 0 Å². The highest BCUT2D eigenvalue weighted by molar-refractivity contribution is 5.86. The van der Waals surface area contributed by atoms with Crippen molar-refractivity contribution < 1.29 is 33.8 Å². The van der Waals surface area contributed by atoms with Crippen molar-refractivity contribution in [3.8, 4) is 0 Å². The smallest absolute Gasteiger partial charge is 0.407 e. The molecule has 24 heavy (non-hydrogen) atoms. The van der Waals surface area contributed by atoms with Crippen molar-refractivity contribution >= 4 is 30.0 Å². The van der Waals surface area contributed by atoms with Crippen molar-refractivity contribution in [1.82, 2.24) is 32.3 Å². The quantitative estimate of drug-likeness (QED) is 0.270. The fourth-order valence-corrected chi connectivity index (χ4v) is 0.974. The molecule has 0 aliphatic rings. The molecule has 0 spiro atoms. The van der Waals surface area contributed by atoms with Crippen LogP contribution < -0.4 is 32.3 Å². The first kappa shape index (κ1) is 20.8. The second kappa shape index (κ2) is 11.3. The Labute approximate surface area is 136 Å². The summed E-state index contributed by atoms with van der Waals surface area (Å²) in [6.45, 7) is 2.89. The largest absolute Gasteiger partial charge is 0.465 e. The molecule has 0 aromatic carbocycles. The minimum Gasteiger partial charge on any atom is -0.465 e. The van der Waals surface area contributed by atoms with Gasteiger partial charge in [-0.05, 0) is 5.92 Å². The number of carbonyl (C=O) groups is 5. The molecule has 0 heterocycles. The van der Waals surface area contributed by atoms with Gasteiger partial charge >= 0.3 is 18.2 Å². The van der Waals surface area contributed by atoms with Gasteiger partial charge in [0.1, 0.15) is 13.1 Å². The summed E-state index contributed by atoms with van der Waals surface area (Å²) in [5.41, 5.74) is 7.55. The fraction of sp³-hybridized carbons (Fsp3) is 0.545. The molecule has 6 amide bonds. The molecular weight excluding hydrogens is 328 g/mol. The molecule has 7 N–H and O–H groups in total. The number of carbonyl (C=O) groups excluding carboxylic acids is 4. The lowest BCUT2D eigenvalue weighted by atomic mass is 10.2. The lowest BCUT2D eigenvalue weighted by molar-refractivity contribution is -0.121. The maximum atomic E-state index is 11.3. The molecule has 0 fully saturated rings. The Morgan fingerprint density at radius 3 is 1.83 bits per heavy atom. The van der Waals surface area contributed by atoms with Crippen molar-refractivity contribution in [2.24, 2.45) is 5.92 Å². The van der Waals surface area contributed by atoms with E-state index in [2.05, 4.69) is 5.32 Å². The molecule has 0 aromatic rings. The second-order valence-corrected chi connectivity index (χ2v) is 4.68. The molecule has 0 unspecified atom stereocenters. The predicted octanol–water partition coefficient (Wildman–Crippen LogP) is -2.00. The molecular formula is C11H20N6O7. The van der Waals surface area contributed by atoms with Gasteiger partial charge in [0, 0.05) is 0 Å². The lowest BCUT2D eigenvalue weighted by Crippen LogP contribution is -2.55. The van der Waals surface area contributed by atoms with Gasteiger partial charge < -0.3 is 20.5 Å². The van der Waals surface area contributed by atoms with Gasteiger partial charge in [0.25, 0.3) is 11.8 Å². The number of nitrogens with one attached hydrogen (secondary N) is 6. The summed E-state index contributed by atoms with van der Waals surface area (Å²) in [6.07, 6.45) is -2.18. The van der Waals surface area contributed by atoms with Crippen LogP contribution in [0.2, 0.25) is 0 Å². The van der Waals surface area contributed by atoms with Crippen molar-refractivity contribution in [2.75, 3.05) is 19.7 Å². The molecule has 13 nitrogen and oxygen atoms in total. The first-order valence-electron chi connectivity index (χ1n) is 6.71. The van der Waals surface area contributed by atoms with Crippen molar-refractivity contribution in [1.29, 1.82) is 0 Å². The van der Waals surface area contributed by atoms with Gasteiger partial charge in [-0.15, -0.1) is 0 Å². The van der Waals surface area contributed by atoms with Crippen LogP contribution in [0.5, 0.6) is 0 Å². The number of alkyl carbamates (subject to hydrolysis) is 1. The van der Waals surface area contributed by atoms with E-state index >= 15 is 0 Å². The molecule has 0 radical (unpaired) electrons. The van der Waals surface area contributed by atoms with E-state index in [-0.39, 0.29) is 12.5 Å². The Morgan fingerprint density at radius 2 is 1.38 bits per heavy atom. The Kier molecular flexibility index (Phi) is 9.80. The maximum Gasteiger partial charge on any atom is 0.407 e. The summed E-state index contributed by atoms with van der Waals surface area (Å²) < 4.78 is 4.76. The zero-order valence-corrected chi connectivity index (χ0v) is 13.1. The Morgan fingerprint density at radius 1 is 0.875 bits per heavy atom. The summed E-state index contributed by atoms with van der Waals surface area (Å²) in [5, 5.41) is 12.2. The standard InChI is InChI=1S/C11H20N6O7/c1-6(2)5-24-11(23)13-4-8(19)15-17-9(20)16-14-7(18)3-12-10(21)22/h6,12H,3-5H2,1-2H3,(H,13,23)(H,14,18)(H,15,19)(H,21,22)(H2,16,17,20). The number of amides is 6. The van der Waals surface area contributed by atoms with E-state index in [1.807, 2.05) is 35.6 Å². The monoisotopic (exact) mass is 348 g/mol. The topological polar surface area (TPSA) is 187 Å². The number of hydrogen-bond acceptors (Lipinski definition) is 6. The molecule has 0 aliphatic carbocycles. The first-order chi connectivity index (χ1) is 11.2. The zero-order valence-electron chi connectivity index (χ0n) is 13.1. The first-order valence-corrected chi connectivity index (χ1v) is 6.71. The van der Waals surface area contributed by atoms with Crippen LogP contribution in [0.1, 0.15) is 13.8 Å². The summed E-state index contributed by atoms with van der Waals surface area (Å²) >= 11 is 0. The molecule has 13 heteroatoms. The van der Waals surface area contributed by atoms with Gasteiger partial charge in [-0.1, -0.05) is 13.8 Å². The van der Waals surface area contributed by atoms with Gasteiger partial charge in [0.2, 0.25) is 0 Å². The predicted molar refractivity (Wildman–Crippen MR) is 78.2 cm³/mol.